The third kappa shape index (κ3) is 3.89. The number of rotatable bonds is 5. The van der Waals surface area contributed by atoms with E-state index >= 15 is 0 Å². The molecule has 0 fully saturated rings. The summed E-state index contributed by atoms with van der Waals surface area (Å²) in [7, 11) is 0. The van der Waals surface area contributed by atoms with Crippen molar-refractivity contribution < 1.29 is 9.47 Å². The molecule has 0 bridgehead atoms. The molecule has 1 aromatic heterocycles. The van der Waals surface area contributed by atoms with Crippen LogP contribution in [0, 0.1) is 0 Å². The number of hydrogen-bond donors (Lipinski definition) is 0. The van der Waals surface area contributed by atoms with Gasteiger partial charge in [0, 0.05) is 6.61 Å². The average Bonchev–Trinajstić information content (AvgIpc) is 2.15. The minimum absolute atomic E-state index is 0.0530. The van der Waals surface area contributed by atoms with Crippen LogP contribution < -0.4 is 4.74 Å². The number of aromatic nitrogens is 2. The second kappa shape index (κ2) is 5.78. The highest BCUT2D eigenvalue weighted by Crippen LogP contribution is 2.10. The van der Waals surface area contributed by atoms with E-state index in [1.165, 1.54) is 12.4 Å². The van der Waals surface area contributed by atoms with Crippen molar-refractivity contribution in [3.8, 4) is 5.88 Å². The number of hydrogen-bond acceptors (Lipinski definition) is 4. The Bertz CT molecular complexity index is 283. The first-order valence-corrected chi connectivity index (χ1v) is 4.82. The van der Waals surface area contributed by atoms with Crippen LogP contribution in [0.5, 0.6) is 5.88 Å². The van der Waals surface area contributed by atoms with E-state index in [9.17, 15) is 0 Å². The fourth-order valence-electron chi connectivity index (χ4n) is 0.906. The Morgan fingerprint density at radius 2 is 2.29 bits per heavy atom. The maximum Gasteiger partial charge on any atom is 0.234 e. The van der Waals surface area contributed by atoms with Crippen LogP contribution in [-0.2, 0) is 4.74 Å². The molecule has 0 amide bonds. The first-order valence-electron chi connectivity index (χ1n) is 4.44. The van der Waals surface area contributed by atoms with Gasteiger partial charge in [0.2, 0.25) is 5.88 Å². The molecule has 0 saturated carbocycles. The lowest BCUT2D eigenvalue weighted by molar-refractivity contribution is 0.0631. The van der Waals surface area contributed by atoms with Gasteiger partial charge in [0.25, 0.3) is 0 Å². The second-order valence-corrected chi connectivity index (χ2v) is 3.16. The Morgan fingerprint density at radius 1 is 1.50 bits per heavy atom. The van der Waals surface area contributed by atoms with Crippen molar-refractivity contribution in [2.24, 2.45) is 0 Å². The van der Waals surface area contributed by atoms with Gasteiger partial charge in [-0.1, -0.05) is 11.6 Å². The average molecular weight is 217 g/mol. The molecule has 14 heavy (non-hydrogen) atoms. The Kier molecular flexibility index (Phi) is 4.62. The molecule has 1 heterocycles. The summed E-state index contributed by atoms with van der Waals surface area (Å²) < 4.78 is 10.6. The summed E-state index contributed by atoms with van der Waals surface area (Å²) in [5.74, 6) is 0.421. The van der Waals surface area contributed by atoms with Crippen LogP contribution in [0.1, 0.15) is 13.8 Å². The quantitative estimate of drug-likeness (QED) is 0.755. The van der Waals surface area contributed by atoms with Crippen molar-refractivity contribution in [1.82, 2.24) is 9.97 Å². The summed E-state index contributed by atoms with van der Waals surface area (Å²) in [5, 5.41) is 0.325. The molecule has 0 aliphatic rings. The van der Waals surface area contributed by atoms with Gasteiger partial charge in [-0.05, 0) is 13.8 Å². The van der Waals surface area contributed by atoms with Gasteiger partial charge in [0.15, 0.2) is 5.15 Å². The van der Waals surface area contributed by atoms with E-state index in [1.54, 1.807) is 0 Å². The van der Waals surface area contributed by atoms with Crippen molar-refractivity contribution in [1.29, 1.82) is 0 Å². The zero-order chi connectivity index (χ0) is 10.4. The topological polar surface area (TPSA) is 44.2 Å². The summed E-state index contributed by atoms with van der Waals surface area (Å²) in [6, 6.07) is 0. The minimum atomic E-state index is -0.0530. The molecule has 0 radical (unpaired) electrons. The number of nitrogens with zero attached hydrogens (tertiary/aromatic N) is 2. The van der Waals surface area contributed by atoms with Gasteiger partial charge in [-0.3, -0.25) is 4.98 Å². The van der Waals surface area contributed by atoms with Crippen LogP contribution >= 0.6 is 11.6 Å². The van der Waals surface area contributed by atoms with Crippen LogP contribution in [0.15, 0.2) is 12.4 Å². The lowest BCUT2D eigenvalue weighted by Gasteiger charge is -2.12. The van der Waals surface area contributed by atoms with Gasteiger partial charge >= 0.3 is 0 Å². The first-order chi connectivity index (χ1) is 6.72. The maximum atomic E-state index is 5.65. The highest BCUT2D eigenvalue weighted by Gasteiger charge is 2.05. The molecule has 0 aliphatic carbocycles. The molecule has 0 aromatic carbocycles. The normalized spacial score (nSPS) is 12.5. The molecule has 1 aromatic rings. The predicted octanol–water partition coefficient (Wildman–Crippen LogP) is 1.93. The molecule has 0 spiro atoms. The van der Waals surface area contributed by atoms with Crippen LogP contribution in [0.2, 0.25) is 5.15 Å². The highest BCUT2D eigenvalue weighted by molar-refractivity contribution is 6.29. The third-order valence-electron chi connectivity index (χ3n) is 1.46. The van der Waals surface area contributed by atoms with Gasteiger partial charge in [-0.2, -0.15) is 4.98 Å². The standard InChI is InChI=1S/C9H13ClN2O2/c1-3-13-6-7(2)14-9-5-11-4-8(10)12-9/h4-5,7H,3,6H2,1-2H3. The molecule has 4 nitrogen and oxygen atoms in total. The molecule has 1 rings (SSSR count). The van der Waals surface area contributed by atoms with Crippen LogP contribution in [0.3, 0.4) is 0 Å². The van der Waals surface area contributed by atoms with Crippen molar-refractivity contribution >= 4 is 11.6 Å². The van der Waals surface area contributed by atoms with E-state index in [0.717, 1.165) is 0 Å². The molecule has 0 saturated heterocycles. The Labute approximate surface area is 88.2 Å². The zero-order valence-corrected chi connectivity index (χ0v) is 8.99. The Hall–Kier alpha value is -0.870. The SMILES string of the molecule is CCOCC(C)Oc1cncc(Cl)n1. The van der Waals surface area contributed by atoms with Gasteiger partial charge in [0.1, 0.15) is 6.10 Å². The molecular formula is C9H13ClN2O2. The molecular weight excluding hydrogens is 204 g/mol. The summed E-state index contributed by atoms with van der Waals surface area (Å²) in [5.41, 5.74) is 0. The van der Waals surface area contributed by atoms with Gasteiger partial charge in [-0.25, -0.2) is 0 Å². The summed E-state index contributed by atoms with van der Waals surface area (Å²) in [6.45, 7) is 5.05. The Balaban J connectivity index is 2.43. The van der Waals surface area contributed by atoms with E-state index in [2.05, 4.69) is 9.97 Å². The summed E-state index contributed by atoms with van der Waals surface area (Å²) in [6.07, 6.45) is 2.93. The van der Waals surface area contributed by atoms with E-state index in [1.807, 2.05) is 13.8 Å². The predicted molar refractivity (Wildman–Crippen MR) is 53.6 cm³/mol. The lowest BCUT2D eigenvalue weighted by atomic mass is 10.4. The molecule has 5 heteroatoms. The second-order valence-electron chi connectivity index (χ2n) is 2.77. The summed E-state index contributed by atoms with van der Waals surface area (Å²) >= 11 is 5.65. The van der Waals surface area contributed by atoms with Crippen molar-refractivity contribution in [3.05, 3.63) is 17.5 Å². The molecule has 1 atom stereocenters. The Morgan fingerprint density at radius 3 is 2.93 bits per heavy atom. The molecule has 0 N–H and O–H groups in total. The summed E-state index contributed by atoms with van der Waals surface area (Å²) in [4.78, 5) is 7.80. The van der Waals surface area contributed by atoms with Crippen molar-refractivity contribution in [2.75, 3.05) is 13.2 Å². The monoisotopic (exact) mass is 216 g/mol. The zero-order valence-electron chi connectivity index (χ0n) is 8.24. The van der Waals surface area contributed by atoms with Gasteiger partial charge in [0.05, 0.1) is 19.0 Å². The molecule has 78 valence electrons. The van der Waals surface area contributed by atoms with E-state index < -0.39 is 0 Å². The van der Waals surface area contributed by atoms with Gasteiger partial charge in [-0.15, -0.1) is 0 Å². The van der Waals surface area contributed by atoms with E-state index in [-0.39, 0.29) is 6.10 Å². The van der Waals surface area contributed by atoms with Crippen LogP contribution in [0.4, 0.5) is 0 Å². The van der Waals surface area contributed by atoms with Crippen LogP contribution in [-0.4, -0.2) is 29.3 Å². The molecule has 0 aliphatic heterocycles. The van der Waals surface area contributed by atoms with E-state index in [0.29, 0.717) is 24.2 Å². The third-order valence-corrected chi connectivity index (χ3v) is 1.64. The van der Waals surface area contributed by atoms with Crippen molar-refractivity contribution in [2.45, 2.75) is 20.0 Å². The lowest BCUT2D eigenvalue weighted by Crippen LogP contribution is -2.19. The minimum Gasteiger partial charge on any atom is -0.471 e. The highest BCUT2D eigenvalue weighted by atomic mass is 35.5. The largest absolute Gasteiger partial charge is 0.471 e. The maximum absolute atomic E-state index is 5.65. The van der Waals surface area contributed by atoms with Crippen molar-refractivity contribution in [3.63, 3.8) is 0 Å². The molecule has 1 unspecified atom stereocenters. The smallest absolute Gasteiger partial charge is 0.234 e. The first kappa shape index (κ1) is 11.2. The fraction of sp³-hybridized carbons (Fsp3) is 0.556. The fourth-order valence-corrected chi connectivity index (χ4v) is 1.05. The van der Waals surface area contributed by atoms with E-state index in [4.69, 9.17) is 21.1 Å². The number of ether oxygens (including phenoxy) is 2. The van der Waals surface area contributed by atoms with Crippen LogP contribution in [0.25, 0.3) is 0 Å². The van der Waals surface area contributed by atoms with Gasteiger partial charge < -0.3 is 9.47 Å². The number of halogens is 1.